The predicted molar refractivity (Wildman–Crippen MR) is 264 cm³/mol. The Hall–Kier alpha value is -7.94. The fourth-order valence-electron chi connectivity index (χ4n) is 11.4. The van der Waals surface area contributed by atoms with E-state index in [4.69, 9.17) is 0 Å². The van der Waals surface area contributed by atoms with Gasteiger partial charge in [0.25, 0.3) is 0 Å². The summed E-state index contributed by atoms with van der Waals surface area (Å²) >= 11 is 0. The van der Waals surface area contributed by atoms with E-state index >= 15 is 0 Å². The van der Waals surface area contributed by atoms with Crippen LogP contribution in [0.1, 0.15) is 33.7 Å². The van der Waals surface area contributed by atoms with Gasteiger partial charge in [-0.1, -0.05) is 188 Å². The van der Waals surface area contributed by atoms with Gasteiger partial charge in [0, 0.05) is 34.4 Å². The third-order valence-electron chi connectivity index (χ3n) is 14.0. The molecule has 2 heteroatoms. The molecule has 0 N–H and O–H groups in total. The molecule has 296 valence electrons. The summed E-state index contributed by atoms with van der Waals surface area (Å²) < 4.78 is 0. The highest BCUT2D eigenvalue weighted by Gasteiger charge is 2.46. The average molecular weight is 803 g/mol. The summed E-state index contributed by atoms with van der Waals surface area (Å²) in [4.78, 5) is 4.95. The zero-order valence-corrected chi connectivity index (χ0v) is 34.6. The maximum atomic E-state index is 2.51. The largest absolute Gasteiger partial charge is 0.333 e. The summed E-state index contributed by atoms with van der Waals surface area (Å²) in [5.41, 5.74) is 14.5. The number of hydrogen-bond donors (Lipinski definition) is 0. The third-order valence-corrected chi connectivity index (χ3v) is 14.0. The fraction of sp³-hybridized carbons (Fsp3) is 0.0492. The number of benzene rings is 10. The van der Waals surface area contributed by atoms with Gasteiger partial charge in [0.05, 0.1) is 11.5 Å². The van der Waals surface area contributed by atoms with Crippen LogP contribution in [-0.4, -0.2) is 6.04 Å². The molecule has 0 aromatic heterocycles. The highest BCUT2D eigenvalue weighted by atomic mass is 15.2. The Morgan fingerprint density at radius 2 is 0.873 bits per heavy atom. The number of anilines is 5. The number of para-hydroxylation sites is 1. The molecule has 1 aliphatic heterocycles. The molecule has 0 saturated carbocycles. The Kier molecular flexibility index (Phi) is 7.98. The molecule has 2 aliphatic carbocycles. The van der Waals surface area contributed by atoms with E-state index in [-0.39, 0.29) is 6.04 Å². The average Bonchev–Trinajstić information content (AvgIpc) is 3.86. The van der Waals surface area contributed by atoms with E-state index in [1.807, 2.05) is 0 Å². The highest BCUT2D eigenvalue weighted by Crippen LogP contribution is 2.56. The van der Waals surface area contributed by atoms with Crippen LogP contribution in [-0.2, 0) is 5.41 Å². The van der Waals surface area contributed by atoms with Crippen LogP contribution in [0.4, 0.5) is 28.4 Å². The molecule has 2 atom stereocenters. The molecule has 2 nitrogen and oxygen atoms in total. The van der Waals surface area contributed by atoms with Gasteiger partial charge in [0.1, 0.15) is 0 Å². The van der Waals surface area contributed by atoms with E-state index < -0.39 is 5.41 Å². The Bertz CT molecular complexity index is 3390. The summed E-state index contributed by atoms with van der Waals surface area (Å²) in [5.74, 6) is 0.336. The molecule has 63 heavy (non-hydrogen) atoms. The second-order valence-corrected chi connectivity index (χ2v) is 17.1. The van der Waals surface area contributed by atoms with Gasteiger partial charge >= 0.3 is 0 Å². The number of fused-ring (bicyclic) bond motifs is 12. The monoisotopic (exact) mass is 802 g/mol. The van der Waals surface area contributed by atoms with Gasteiger partial charge < -0.3 is 9.80 Å². The van der Waals surface area contributed by atoms with E-state index in [0.717, 1.165) is 17.1 Å². The first kappa shape index (κ1) is 35.8. The van der Waals surface area contributed by atoms with Crippen LogP contribution in [0.2, 0.25) is 0 Å². The minimum absolute atomic E-state index is 0.244. The van der Waals surface area contributed by atoms with E-state index in [9.17, 15) is 0 Å². The van der Waals surface area contributed by atoms with Crippen LogP contribution in [0.15, 0.2) is 243 Å². The standard InChI is InChI=1S/C61H42N2/c1-2-16-41(17-3-1)61(57-26-12-8-22-52(57)53-23-9-13-27-58(53)61)42-30-32-43(33-31-42)62(46-38-39-51-49-20-5-4-18-47(49)48-19-6-7-21-50(48)56(51)40-46)44-34-36-45(37-35-44)63-59-28-14-10-24-54(59)55-25-11-15-29-60(55)63/h1-40,54,59H. The molecule has 0 bridgehead atoms. The van der Waals surface area contributed by atoms with Gasteiger partial charge in [-0.2, -0.15) is 0 Å². The lowest BCUT2D eigenvalue weighted by atomic mass is 9.68. The SMILES string of the molecule is C1=CC2c3ccccc3N(c3ccc(N(c4ccc(C5(c6ccccc6)c6ccccc6-c6ccccc65)cc4)c4ccc5c6ccccc6c6ccccc6c5c4)cc3)C2C=C1. The molecule has 13 rings (SSSR count). The minimum Gasteiger partial charge on any atom is -0.333 e. The Morgan fingerprint density at radius 1 is 0.381 bits per heavy atom. The van der Waals surface area contributed by atoms with E-state index in [0.29, 0.717) is 5.92 Å². The summed E-state index contributed by atoms with van der Waals surface area (Å²) in [7, 11) is 0. The molecule has 10 aromatic rings. The summed E-state index contributed by atoms with van der Waals surface area (Å²) in [6.45, 7) is 0. The molecule has 10 aromatic carbocycles. The fourth-order valence-corrected chi connectivity index (χ4v) is 11.4. The van der Waals surface area contributed by atoms with Crippen molar-refractivity contribution in [3.05, 3.63) is 271 Å². The molecular weight excluding hydrogens is 761 g/mol. The summed E-state index contributed by atoms with van der Waals surface area (Å²) in [6, 6.07) is 81.5. The molecule has 0 saturated heterocycles. The van der Waals surface area contributed by atoms with Crippen molar-refractivity contribution in [2.75, 3.05) is 9.80 Å². The first-order valence-corrected chi connectivity index (χ1v) is 22.1. The van der Waals surface area contributed by atoms with Gasteiger partial charge in [0.15, 0.2) is 0 Å². The van der Waals surface area contributed by atoms with Crippen molar-refractivity contribution >= 4 is 60.8 Å². The van der Waals surface area contributed by atoms with Gasteiger partial charge in [-0.05, 0) is 126 Å². The molecular formula is C61H42N2. The lowest BCUT2D eigenvalue weighted by Gasteiger charge is -2.34. The zero-order valence-electron chi connectivity index (χ0n) is 34.6. The smallest absolute Gasteiger partial charge is 0.0713 e. The first-order valence-electron chi connectivity index (χ1n) is 22.1. The molecule has 2 unspecified atom stereocenters. The van der Waals surface area contributed by atoms with E-state index in [2.05, 4.69) is 252 Å². The van der Waals surface area contributed by atoms with Crippen molar-refractivity contribution in [3.63, 3.8) is 0 Å². The van der Waals surface area contributed by atoms with E-state index in [1.54, 1.807) is 0 Å². The van der Waals surface area contributed by atoms with Crippen LogP contribution in [0.3, 0.4) is 0 Å². The molecule has 1 heterocycles. The maximum Gasteiger partial charge on any atom is 0.0713 e. The topological polar surface area (TPSA) is 6.48 Å². The lowest BCUT2D eigenvalue weighted by Crippen LogP contribution is -2.28. The van der Waals surface area contributed by atoms with Crippen LogP contribution >= 0.6 is 0 Å². The van der Waals surface area contributed by atoms with Gasteiger partial charge in [-0.15, -0.1) is 0 Å². The predicted octanol–water partition coefficient (Wildman–Crippen LogP) is 15.7. The second kappa shape index (κ2) is 14.1. The van der Waals surface area contributed by atoms with Crippen LogP contribution in [0.25, 0.3) is 43.4 Å². The summed E-state index contributed by atoms with van der Waals surface area (Å²) in [5, 5.41) is 7.61. The number of rotatable bonds is 6. The normalized spacial score (nSPS) is 16.5. The van der Waals surface area contributed by atoms with Gasteiger partial charge in [-0.25, -0.2) is 0 Å². The van der Waals surface area contributed by atoms with Crippen molar-refractivity contribution in [2.24, 2.45) is 0 Å². The zero-order chi connectivity index (χ0) is 41.5. The Morgan fingerprint density at radius 3 is 1.54 bits per heavy atom. The highest BCUT2D eigenvalue weighted by molar-refractivity contribution is 6.25. The molecule has 3 aliphatic rings. The molecule has 0 spiro atoms. The van der Waals surface area contributed by atoms with E-state index in [1.165, 1.54) is 82.6 Å². The van der Waals surface area contributed by atoms with Crippen LogP contribution < -0.4 is 9.80 Å². The van der Waals surface area contributed by atoms with Crippen molar-refractivity contribution in [1.29, 1.82) is 0 Å². The maximum absolute atomic E-state index is 2.51. The van der Waals surface area contributed by atoms with Crippen LogP contribution in [0.5, 0.6) is 0 Å². The molecule has 0 fully saturated rings. The third kappa shape index (κ3) is 5.25. The van der Waals surface area contributed by atoms with Crippen molar-refractivity contribution in [2.45, 2.75) is 17.4 Å². The van der Waals surface area contributed by atoms with Crippen molar-refractivity contribution < 1.29 is 0 Å². The lowest BCUT2D eigenvalue weighted by molar-refractivity contribution is 0.745. The number of nitrogens with zero attached hydrogens (tertiary/aromatic N) is 2. The van der Waals surface area contributed by atoms with Crippen molar-refractivity contribution in [1.82, 2.24) is 0 Å². The quantitative estimate of drug-likeness (QED) is 0.155. The van der Waals surface area contributed by atoms with Gasteiger partial charge in [-0.3, -0.25) is 0 Å². The Labute approximate surface area is 367 Å². The van der Waals surface area contributed by atoms with Crippen LogP contribution in [0, 0.1) is 0 Å². The second-order valence-electron chi connectivity index (χ2n) is 17.1. The van der Waals surface area contributed by atoms with Crippen molar-refractivity contribution in [3.8, 4) is 11.1 Å². The molecule has 0 amide bonds. The van der Waals surface area contributed by atoms with Gasteiger partial charge in [0.2, 0.25) is 0 Å². The minimum atomic E-state index is -0.463. The first-order chi connectivity index (χ1) is 31.3. The summed E-state index contributed by atoms with van der Waals surface area (Å²) in [6.07, 6.45) is 9.08. The molecule has 0 radical (unpaired) electrons. The number of hydrogen-bond acceptors (Lipinski definition) is 2. The Balaban J connectivity index is 0.995. The number of allylic oxidation sites excluding steroid dienone is 2.